The quantitative estimate of drug-likeness (QED) is 0.403. The lowest BCUT2D eigenvalue weighted by molar-refractivity contribution is -0.139. The van der Waals surface area contributed by atoms with E-state index in [1.54, 1.807) is 23.1 Å². The van der Waals surface area contributed by atoms with Gasteiger partial charge in [-0.15, -0.1) is 0 Å². The minimum atomic E-state index is -3.95. The van der Waals surface area contributed by atoms with Gasteiger partial charge in [0.15, 0.2) is 0 Å². The number of hydrogen-bond acceptors (Lipinski definition) is 7. The number of rotatable bonds is 6. The van der Waals surface area contributed by atoms with Gasteiger partial charge in [-0.3, -0.25) is 4.79 Å². The number of aromatic amines is 1. The second-order valence-electron chi connectivity index (χ2n) is 8.40. The smallest absolute Gasteiger partial charge is 0.259 e. The molecule has 182 valence electrons. The van der Waals surface area contributed by atoms with Gasteiger partial charge < -0.3 is 20.4 Å². The van der Waals surface area contributed by atoms with Crippen molar-refractivity contribution in [3.63, 3.8) is 0 Å². The van der Waals surface area contributed by atoms with E-state index in [1.807, 2.05) is 18.2 Å². The summed E-state index contributed by atoms with van der Waals surface area (Å²) >= 11 is 6.04. The topological polar surface area (TPSA) is 135 Å². The van der Waals surface area contributed by atoms with Crippen molar-refractivity contribution >= 4 is 55.2 Å². The molecule has 2 aromatic heterocycles. The van der Waals surface area contributed by atoms with Crippen molar-refractivity contribution in [3.05, 3.63) is 59.4 Å². The Balaban J connectivity index is 1.41. The van der Waals surface area contributed by atoms with Crippen LogP contribution in [0.5, 0.6) is 0 Å². The molecular formula is C23H23ClN6O4S. The van der Waals surface area contributed by atoms with E-state index in [9.17, 15) is 13.2 Å². The average molecular weight is 515 g/mol. The molecule has 2 aromatic carbocycles. The van der Waals surface area contributed by atoms with Gasteiger partial charge in [-0.1, -0.05) is 17.7 Å². The highest BCUT2D eigenvalue weighted by Crippen LogP contribution is 2.27. The van der Waals surface area contributed by atoms with Crippen LogP contribution in [0.2, 0.25) is 5.02 Å². The summed E-state index contributed by atoms with van der Waals surface area (Å²) in [6.45, 7) is 0.288. The molecule has 1 amide bonds. The van der Waals surface area contributed by atoms with Crippen molar-refractivity contribution in [3.8, 4) is 0 Å². The predicted molar refractivity (Wildman–Crippen MR) is 132 cm³/mol. The highest BCUT2D eigenvalue weighted by atomic mass is 35.5. The molecule has 0 radical (unpaired) electrons. The van der Waals surface area contributed by atoms with Gasteiger partial charge in [0.1, 0.15) is 17.2 Å². The fourth-order valence-electron chi connectivity index (χ4n) is 4.35. The van der Waals surface area contributed by atoms with Crippen molar-refractivity contribution < 1.29 is 17.9 Å². The van der Waals surface area contributed by atoms with Crippen molar-refractivity contribution in [2.75, 3.05) is 32.5 Å². The maximum absolute atomic E-state index is 13.4. The predicted octanol–water partition coefficient (Wildman–Crippen LogP) is 2.39. The standard InChI is InChI=1S/C23H23ClN6O4S/c1-34-12-17-10-29(35(32,33)21-8-15-7-16(24)3-5-19(15)28-21)11-22(31)30(17)9-14-2-4-18-20(6-14)26-13-27-23(18)25/h2-8,13,17,28H,9-12H2,1H3,(H2,25,26,27)/t17-/m0/s1. The number of fused-ring (bicyclic) bond motifs is 2. The molecule has 0 spiro atoms. The number of hydrogen-bond donors (Lipinski definition) is 2. The molecule has 10 nitrogen and oxygen atoms in total. The van der Waals surface area contributed by atoms with E-state index in [4.69, 9.17) is 22.1 Å². The third kappa shape index (κ3) is 4.43. The van der Waals surface area contributed by atoms with Crippen molar-refractivity contribution in [1.82, 2.24) is 24.2 Å². The Morgan fingerprint density at radius 3 is 2.83 bits per heavy atom. The molecule has 1 aliphatic heterocycles. The number of nitrogen functional groups attached to an aromatic ring is 1. The number of carbonyl (C=O) groups is 1. The molecule has 1 saturated heterocycles. The normalized spacial score (nSPS) is 17.5. The Kier molecular flexibility index (Phi) is 6.09. The molecule has 12 heteroatoms. The van der Waals surface area contributed by atoms with Gasteiger partial charge in [0.2, 0.25) is 5.91 Å². The van der Waals surface area contributed by atoms with Gasteiger partial charge in [0.05, 0.1) is 24.7 Å². The molecule has 1 fully saturated rings. The van der Waals surface area contributed by atoms with Crippen LogP contribution in [0.4, 0.5) is 5.82 Å². The van der Waals surface area contributed by atoms with Crippen molar-refractivity contribution in [1.29, 1.82) is 0 Å². The number of piperazine rings is 1. The minimum Gasteiger partial charge on any atom is -0.383 e. The van der Waals surface area contributed by atoms with Crippen molar-refractivity contribution in [2.24, 2.45) is 0 Å². The fourth-order valence-corrected chi connectivity index (χ4v) is 5.97. The minimum absolute atomic E-state index is 0.0129. The molecule has 5 rings (SSSR count). The number of benzene rings is 2. The molecule has 1 aliphatic rings. The number of aromatic nitrogens is 3. The largest absolute Gasteiger partial charge is 0.383 e. The second kappa shape index (κ2) is 9.08. The lowest BCUT2D eigenvalue weighted by Gasteiger charge is -2.40. The average Bonchev–Trinajstić information content (AvgIpc) is 3.25. The van der Waals surface area contributed by atoms with Crippen LogP contribution in [0.3, 0.4) is 0 Å². The summed E-state index contributed by atoms with van der Waals surface area (Å²) in [6.07, 6.45) is 1.39. The van der Waals surface area contributed by atoms with Gasteiger partial charge >= 0.3 is 0 Å². The van der Waals surface area contributed by atoms with Crippen LogP contribution in [0, 0.1) is 0 Å². The maximum Gasteiger partial charge on any atom is 0.259 e. The molecule has 1 atom stereocenters. The number of ether oxygens (including phenoxy) is 1. The highest BCUT2D eigenvalue weighted by molar-refractivity contribution is 7.89. The van der Waals surface area contributed by atoms with Gasteiger partial charge in [-0.2, -0.15) is 4.31 Å². The van der Waals surface area contributed by atoms with E-state index in [2.05, 4.69) is 15.0 Å². The summed E-state index contributed by atoms with van der Waals surface area (Å²) in [5.74, 6) is 0.0660. The van der Waals surface area contributed by atoms with Crippen LogP contribution in [0.15, 0.2) is 53.8 Å². The number of nitrogens with two attached hydrogens (primary N) is 1. The summed E-state index contributed by atoms with van der Waals surface area (Å²) in [5.41, 5.74) is 8.07. The summed E-state index contributed by atoms with van der Waals surface area (Å²) < 4.78 is 33.3. The number of sulfonamides is 1. The summed E-state index contributed by atoms with van der Waals surface area (Å²) in [6, 6.07) is 11.7. The third-order valence-corrected chi connectivity index (χ3v) is 8.08. The van der Waals surface area contributed by atoms with E-state index >= 15 is 0 Å². The number of carbonyl (C=O) groups excluding carboxylic acids is 1. The van der Waals surface area contributed by atoms with Crippen LogP contribution in [0.1, 0.15) is 5.56 Å². The maximum atomic E-state index is 13.4. The first-order valence-electron chi connectivity index (χ1n) is 10.8. The Morgan fingerprint density at radius 1 is 1.20 bits per heavy atom. The molecule has 0 saturated carbocycles. The first kappa shape index (κ1) is 23.5. The molecule has 35 heavy (non-hydrogen) atoms. The van der Waals surface area contributed by atoms with Crippen molar-refractivity contribution in [2.45, 2.75) is 17.6 Å². The molecule has 3 heterocycles. The van der Waals surface area contributed by atoms with Gasteiger partial charge in [0.25, 0.3) is 10.0 Å². The number of nitrogens with zero attached hydrogens (tertiary/aromatic N) is 4. The lowest BCUT2D eigenvalue weighted by atomic mass is 10.1. The van der Waals surface area contributed by atoms with Crippen LogP contribution >= 0.6 is 11.6 Å². The molecule has 3 N–H and O–H groups in total. The molecular weight excluding hydrogens is 492 g/mol. The molecule has 0 aliphatic carbocycles. The van der Waals surface area contributed by atoms with E-state index in [0.717, 1.165) is 10.9 Å². The molecule has 4 aromatic rings. The summed E-state index contributed by atoms with van der Waals surface area (Å²) in [4.78, 5) is 26.0. The summed E-state index contributed by atoms with van der Waals surface area (Å²) in [5, 5.41) is 1.92. The number of anilines is 1. The van der Waals surface area contributed by atoms with Gasteiger partial charge in [0, 0.05) is 41.5 Å². The Morgan fingerprint density at radius 2 is 2.03 bits per heavy atom. The summed E-state index contributed by atoms with van der Waals surface area (Å²) in [7, 11) is -2.43. The van der Waals surface area contributed by atoms with E-state index < -0.39 is 16.1 Å². The zero-order valence-electron chi connectivity index (χ0n) is 18.8. The van der Waals surface area contributed by atoms with Crippen LogP contribution in [-0.4, -0.2) is 71.3 Å². The van der Waals surface area contributed by atoms with Gasteiger partial charge in [-0.25, -0.2) is 18.4 Å². The Bertz CT molecular complexity index is 1540. The number of halogens is 1. The monoisotopic (exact) mass is 514 g/mol. The molecule has 0 bridgehead atoms. The fraction of sp³-hybridized carbons (Fsp3) is 0.261. The Labute approximate surface area is 206 Å². The second-order valence-corrected chi connectivity index (χ2v) is 10.7. The van der Waals surface area contributed by atoms with E-state index in [-0.39, 0.29) is 37.2 Å². The zero-order chi connectivity index (χ0) is 24.7. The van der Waals surface area contributed by atoms with Crippen LogP contribution in [-0.2, 0) is 26.1 Å². The Hall–Kier alpha value is -3.25. The number of amides is 1. The van der Waals surface area contributed by atoms with Crippen LogP contribution in [0.25, 0.3) is 21.8 Å². The van der Waals surface area contributed by atoms with E-state index in [0.29, 0.717) is 27.3 Å². The first-order chi connectivity index (χ1) is 16.8. The zero-order valence-corrected chi connectivity index (χ0v) is 20.4. The lowest BCUT2D eigenvalue weighted by Crippen LogP contribution is -2.58. The number of H-pyrrole nitrogens is 1. The number of methoxy groups -OCH3 is 1. The highest BCUT2D eigenvalue weighted by Gasteiger charge is 2.39. The van der Waals surface area contributed by atoms with Crippen LogP contribution < -0.4 is 5.73 Å². The first-order valence-corrected chi connectivity index (χ1v) is 12.6. The third-order valence-electron chi connectivity index (χ3n) is 6.11. The SMILES string of the molecule is COC[C@@H]1CN(S(=O)(=O)c2cc3cc(Cl)ccc3[nH]2)CC(=O)N1Cc1ccc2c(N)ncnc2c1. The van der Waals surface area contributed by atoms with E-state index in [1.165, 1.54) is 23.8 Å². The molecule has 0 unspecified atom stereocenters. The van der Waals surface area contributed by atoms with Gasteiger partial charge in [-0.05, 0) is 42.0 Å². The number of nitrogens with one attached hydrogen (secondary N) is 1.